The highest BCUT2D eigenvalue weighted by molar-refractivity contribution is 5.86. The van der Waals surface area contributed by atoms with Crippen LogP contribution in [0.1, 0.15) is 19.3 Å². The first-order chi connectivity index (χ1) is 8.15. The van der Waals surface area contributed by atoms with Gasteiger partial charge in [0.15, 0.2) is 0 Å². The van der Waals surface area contributed by atoms with Gasteiger partial charge in [-0.25, -0.2) is 9.59 Å². The predicted octanol–water partition coefficient (Wildman–Crippen LogP) is 1.81. The predicted molar refractivity (Wildman–Crippen MR) is 62.7 cm³/mol. The van der Waals surface area contributed by atoms with Gasteiger partial charge in [0.25, 0.3) is 0 Å². The van der Waals surface area contributed by atoms with Gasteiger partial charge in [-0.05, 0) is 19.3 Å². The van der Waals surface area contributed by atoms with E-state index in [1.165, 1.54) is 6.08 Å². The third kappa shape index (κ3) is 4.30. The Morgan fingerprint density at radius 3 is 2.94 bits per heavy atom. The van der Waals surface area contributed by atoms with E-state index >= 15 is 0 Å². The van der Waals surface area contributed by atoms with E-state index in [9.17, 15) is 9.59 Å². The van der Waals surface area contributed by atoms with E-state index in [1.54, 1.807) is 11.0 Å². The third-order valence-electron chi connectivity index (χ3n) is 2.52. The monoisotopic (exact) mass is 239 g/mol. The molecule has 1 rings (SSSR count). The zero-order valence-electron chi connectivity index (χ0n) is 9.72. The number of carboxylic acids is 1. The van der Waals surface area contributed by atoms with Gasteiger partial charge in [-0.3, -0.25) is 0 Å². The lowest BCUT2D eigenvalue weighted by Gasteiger charge is -2.23. The van der Waals surface area contributed by atoms with Crippen LogP contribution in [0.25, 0.3) is 0 Å². The van der Waals surface area contributed by atoms with Crippen molar-refractivity contribution in [3.05, 3.63) is 24.3 Å². The Hall–Kier alpha value is -1.78. The summed E-state index contributed by atoms with van der Waals surface area (Å²) in [5.74, 6) is -0.868. The molecule has 1 N–H and O–H groups in total. The fourth-order valence-electron chi connectivity index (χ4n) is 1.67. The summed E-state index contributed by atoms with van der Waals surface area (Å²) in [7, 11) is 0. The first-order valence-electron chi connectivity index (χ1n) is 5.60. The average Bonchev–Trinajstić information content (AvgIpc) is 2.25. The molecule has 0 unspecified atom stereocenters. The molecule has 1 aliphatic heterocycles. The molecule has 0 fully saturated rings. The Morgan fingerprint density at radius 1 is 1.53 bits per heavy atom. The molecule has 1 aliphatic rings. The molecule has 0 bridgehead atoms. The zero-order valence-corrected chi connectivity index (χ0v) is 9.72. The summed E-state index contributed by atoms with van der Waals surface area (Å²) in [6, 6.07) is 0. The van der Waals surface area contributed by atoms with Gasteiger partial charge in [0.2, 0.25) is 0 Å². The van der Waals surface area contributed by atoms with Gasteiger partial charge in [-0.2, -0.15) is 0 Å². The van der Waals surface area contributed by atoms with Crippen molar-refractivity contribution in [3.63, 3.8) is 0 Å². The van der Waals surface area contributed by atoms with E-state index in [4.69, 9.17) is 9.84 Å². The van der Waals surface area contributed by atoms with Gasteiger partial charge in [0.05, 0.1) is 0 Å². The SMILES string of the molecule is C=CCOC(=O)N1CC/C=C(/C(=O)O)CCC1. The van der Waals surface area contributed by atoms with E-state index in [0.717, 1.165) is 0 Å². The molecule has 0 spiro atoms. The normalized spacial score (nSPS) is 19.5. The molecule has 5 heteroatoms. The number of carbonyl (C=O) groups is 2. The van der Waals surface area contributed by atoms with Crippen molar-refractivity contribution in [2.75, 3.05) is 19.7 Å². The number of ether oxygens (including phenoxy) is 1. The summed E-state index contributed by atoms with van der Waals surface area (Å²) in [5.41, 5.74) is 0.434. The minimum absolute atomic E-state index is 0.200. The second-order valence-corrected chi connectivity index (χ2v) is 3.78. The molecular formula is C12H17NO4. The van der Waals surface area contributed by atoms with Crippen molar-refractivity contribution < 1.29 is 19.4 Å². The number of hydrogen-bond donors (Lipinski definition) is 1. The van der Waals surface area contributed by atoms with Crippen LogP contribution in [0.4, 0.5) is 4.79 Å². The number of carboxylic acid groups (broad SMARTS) is 1. The van der Waals surface area contributed by atoms with Gasteiger partial charge in [0, 0.05) is 18.7 Å². The molecule has 1 heterocycles. The number of amides is 1. The molecule has 0 aliphatic carbocycles. The molecule has 5 nitrogen and oxygen atoms in total. The molecule has 0 radical (unpaired) electrons. The standard InChI is InChI=1S/C12H17NO4/c1-2-9-17-12(16)13-7-3-5-10(11(14)15)6-4-8-13/h2,5H,1,3-4,6-9H2,(H,14,15)/b10-5+. The Kier molecular flexibility index (Phi) is 5.26. The molecule has 0 saturated carbocycles. The molecule has 0 saturated heterocycles. The summed E-state index contributed by atoms with van der Waals surface area (Å²) >= 11 is 0. The van der Waals surface area contributed by atoms with Crippen molar-refractivity contribution in [1.29, 1.82) is 0 Å². The fraction of sp³-hybridized carbons (Fsp3) is 0.500. The maximum absolute atomic E-state index is 11.6. The smallest absolute Gasteiger partial charge is 0.410 e. The van der Waals surface area contributed by atoms with Crippen LogP contribution in [0.5, 0.6) is 0 Å². The highest BCUT2D eigenvalue weighted by atomic mass is 16.6. The third-order valence-corrected chi connectivity index (χ3v) is 2.52. The van der Waals surface area contributed by atoms with Gasteiger partial charge in [-0.1, -0.05) is 18.7 Å². The van der Waals surface area contributed by atoms with Gasteiger partial charge in [0.1, 0.15) is 6.61 Å². The van der Waals surface area contributed by atoms with Gasteiger partial charge >= 0.3 is 12.1 Å². The van der Waals surface area contributed by atoms with Crippen molar-refractivity contribution in [2.24, 2.45) is 0 Å². The van der Waals surface area contributed by atoms with Crippen molar-refractivity contribution in [2.45, 2.75) is 19.3 Å². The Balaban J connectivity index is 2.50. The zero-order chi connectivity index (χ0) is 12.7. The first kappa shape index (κ1) is 13.3. The minimum atomic E-state index is -0.868. The second kappa shape index (κ2) is 6.73. The summed E-state index contributed by atoms with van der Waals surface area (Å²) in [6.07, 6.45) is 4.50. The molecular weight excluding hydrogens is 222 g/mol. The van der Waals surface area contributed by atoms with E-state index in [0.29, 0.717) is 37.9 Å². The molecule has 17 heavy (non-hydrogen) atoms. The van der Waals surface area contributed by atoms with Crippen molar-refractivity contribution in [3.8, 4) is 0 Å². The van der Waals surface area contributed by atoms with Crippen molar-refractivity contribution >= 4 is 12.1 Å². The molecule has 0 aromatic rings. The van der Waals surface area contributed by atoms with Crippen LogP contribution in [0.15, 0.2) is 24.3 Å². The Bertz CT molecular complexity index is 335. The summed E-state index contributed by atoms with van der Waals surface area (Å²) in [6.45, 7) is 4.69. The highest BCUT2D eigenvalue weighted by Crippen LogP contribution is 2.12. The quantitative estimate of drug-likeness (QED) is 0.763. The lowest BCUT2D eigenvalue weighted by atomic mass is 10.1. The lowest BCUT2D eigenvalue weighted by Crippen LogP contribution is -2.34. The molecule has 94 valence electrons. The topological polar surface area (TPSA) is 66.8 Å². The second-order valence-electron chi connectivity index (χ2n) is 3.78. The fourth-order valence-corrected chi connectivity index (χ4v) is 1.67. The highest BCUT2D eigenvalue weighted by Gasteiger charge is 2.17. The van der Waals surface area contributed by atoms with E-state index < -0.39 is 5.97 Å². The number of hydrogen-bond acceptors (Lipinski definition) is 3. The maximum atomic E-state index is 11.6. The van der Waals surface area contributed by atoms with Gasteiger partial charge in [-0.15, -0.1) is 0 Å². The largest absolute Gasteiger partial charge is 0.478 e. The van der Waals surface area contributed by atoms with E-state index in [-0.39, 0.29) is 12.7 Å². The lowest BCUT2D eigenvalue weighted by molar-refractivity contribution is -0.132. The Labute approximate surface area is 100 Å². The molecule has 0 atom stereocenters. The number of carbonyl (C=O) groups excluding carboxylic acids is 1. The maximum Gasteiger partial charge on any atom is 0.410 e. The van der Waals surface area contributed by atoms with Gasteiger partial charge < -0.3 is 14.7 Å². The summed E-state index contributed by atoms with van der Waals surface area (Å²) in [4.78, 5) is 23.9. The van der Waals surface area contributed by atoms with Crippen LogP contribution >= 0.6 is 0 Å². The Morgan fingerprint density at radius 2 is 2.29 bits per heavy atom. The summed E-state index contributed by atoms with van der Waals surface area (Å²) < 4.78 is 4.93. The van der Waals surface area contributed by atoms with Crippen LogP contribution in [0.2, 0.25) is 0 Å². The van der Waals surface area contributed by atoms with Crippen LogP contribution in [-0.4, -0.2) is 41.8 Å². The minimum Gasteiger partial charge on any atom is -0.478 e. The van der Waals surface area contributed by atoms with E-state index in [2.05, 4.69) is 6.58 Å². The number of nitrogens with zero attached hydrogens (tertiary/aromatic N) is 1. The molecule has 0 aromatic heterocycles. The van der Waals surface area contributed by atoms with Crippen LogP contribution in [0.3, 0.4) is 0 Å². The first-order valence-corrected chi connectivity index (χ1v) is 5.60. The van der Waals surface area contributed by atoms with Crippen LogP contribution < -0.4 is 0 Å². The summed E-state index contributed by atoms with van der Waals surface area (Å²) in [5, 5.41) is 8.86. The number of rotatable bonds is 3. The number of aliphatic carboxylic acids is 1. The van der Waals surface area contributed by atoms with Crippen molar-refractivity contribution in [1.82, 2.24) is 4.90 Å². The van der Waals surface area contributed by atoms with Crippen LogP contribution in [0, 0.1) is 0 Å². The van der Waals surface area contributed by atoms with E-state index in [1.807, 2.05) is 0 Å². The molecule has 1 amide bonds. The molecule has 0 aromatic carbocycles. The van der Waals surface area contributed by atoms with Crippen LogP contribution in [-0.2, 0) is 9.53 Å². The average molecular weight is 239 g/mol.